The van der Waals surface area contributed by atoms with Gasteiger partial charge in [-0.05, 0) is 35.0 Å². The van der Waals surface area contributed by atoms with Crippen molar-refractivity contribution in [1.82, 2.24) is 9.97 Å². The summed E-state index contributed by atoms with van der Waals surface area (Å²) >= 11 is 0. The topological polar surface area (TPSA) is 25.8 Å². The van der Waals surface area contributed by atoms with E-state index in [4.69, 9.17) is 0 Å². The molecule has 93 valence electrons. The van der Waals surface area contributed by atoms with Gasteiger partial charge in [-0.25, -0.2) is 0 Å². The Morgan fingerprint density at radius 2 is 1.40 bits per heavy atom. The fraction of sp³-hybridized carbons (Fsp3) is 0. The van der Waals surface area contributed by atoms with Crippen molar-refractivity contribution in [1.29, 1.82) is 0 Å². The Hall–Kier alpha value is -2.74. The predicted molar refractivity (Wildman–Crippen MR) is 81.3 cm³/mol. The van der Waals surface area contributed by atoms with Gasteiger partial charge in [0.05, 0.1) is 11.4 Å². The highest BCUT2D eigenvalue weighted by Gasteiger charge is 2.09. The monoisotopic (exact) mass is 255 g/mol. The van der Waals surface area contributed by atoms with E-state index in [1.165, 1.54) is 5.39 Å². The van der Waals surface area contributed by atoms with Crippen LogP contribution < -0.4 is 0 Å². The molecule has 2 nitrogen and oxygen atoms in total. The maximum atomic E-state index is 4.55. The van der Waals surface area contributed by atoms with E-state index in [9.17, 15) is 0 Å². The lowest BCUT2D eigenvalue weighted by atomic mass is 10.0. The first-order valence-corrected chi connectivity index (χ1v) is 6.52. The molecule has 2 aromatic carbocycles. The second-order valence-electron chi connectivity index (χ2n) is 4.69. The maximum Gasteiger partial charge on any atom is 0.0970 e. The van der Waals surface area contributed by atoms with Crippen molar-refractivity contribution < 1.29 is 0 Å². The van der Waals surface area contributed by atoms with Gasteiger partial charge in [-0.2, -0.15) is 0 Å². The molecule has 0 atom stereocenters. The minimum absolute atomic E-state index is 0.924. The van der Waals surface area contributed by atoms with Crippen molar-refractivity contribution in [3.63, 3.8) is 0 Å². The Kier molecular flexibility index (Phi) is 2.46. The summed E-state index contributed by atoms with van der Waals surface area (Å²) in [7, 11) is 0. The molecule has 0 amide bonds. The smallest absolute Gasteiger partial charge is 0.0970 e. The molecule has 2 heteroatoms. The lowest BCUT2D eigenvalue weighted by Crippen LogP contribution is -1.90. The summed E-state index contributed by atoms with van der Waals surface area (Å²) in [6.45, 7) is 0. The van der Waals surface area contributed by atoms with E-state index in [1.54, 1.807) is 0 Å². The standard InChI is InChI=1S/C18H11N2/c1-3-7-15-13(5-1)9-11-19-17(15)18-16-8-4-2-6-14(16)10-12-20-18/h1,3-12H. The van der Waals surface area contributed by atoms with Crippen LogP contribution in [0.5, 0.6) is 0 Å². The summed E-state index contributed by atoms with van der Waals surface area (Å²) in [5.41, 5.74) is 1.85. The van der Waals surface area contributed by atoms with Gasteiger partial charge in [0.1, 0.15) is 0 Å². The molecule has 0 N–H and O–H groups in total. The fourth-order valence-electron chi connectivity index (χ4n) is 2.56. The van der Waals surface area contributed by atoms with E-state index in [1.807, 2.05) is 54.9 Å². The molecule has 20 heavy (non-hydrogen) atoms. The van der Waals surface area contributed by atoms with Crippen LogP contribution in [0.4, 0.5) is 0 Å². The number of rotatable bonds is 1. The largest absolute Gasteiger partial charge is 0.254 e. The average Bonchev–Trinajstić information content (AvgIpc) is 2.54. The van der Waals surface area contributed by atoms with E-state index in [2.05, 4.69) is 28.2 Å². The first-order chi connectivity index (χ1) is 9.93. The van der Waals surface area contributed by atoms with Crippen molar-refractivity contribution in [3.8, 4) is 11.4 Å². The summed E-state index contributed by atoms with van der Waals surface area (Å²) in [6.07, 6.45) is 3.67. The van der Waals surface area contributed by atoms with Gasteiger partial charge in [0, 0.05) is 23.2 Å². The van der Waals surface area contributed by atoms with Gasteiger partial charge in [0.25, 0.3) is 0 Å². The van der Waals surface area contributed by atoms with Gasteiger partial charge >= 0.3 is 0 Å². The van der Waals surface area contributed by atoms with Gasteiger partial charge in [-0.3, -0.25) is 9.97 Å². The van der Waals surface area contributed by atoms with Crippen molar-refractivity contribution in [2.45, 2.75) is 0 Å². The second kappa shape index (κ2) is 4.42. The Morgan fingerprint density at radius 3 is 2.25 bits per heavy atom. The quantitative estimate of drug-likeness (QED) is 0.508. The van der Waals surface area contributed by atoms with E-state index in [-0.39, 0.29) is 0 Å². The SMILES string of the molecule is [c]1ccc2c(-c3nccc4ccccc34)nccc2c1. The van der Waals surface area contributed by atoms with Crippen LogP contribution in [0.3, 0.4) is 0 Å². The number of benzene rings is 2. The normalized spacial score (nSPS) is 11.0. The third kappa shape index (κ3) is 1.66. The first-order valence-electron chi connectivity index (χ1n) is 6.52. The highest BCUT2D eigenvalue weighted by Crippen LogP contribution is 2.29. The van der Waals surface area contributed by atoms with Gasteiger partial charge in [0.15, 0.2) is 0 Å². The van der Waals surface area contributed by atoms with Crippen molar-refractivity contribution in [2.75, 3.05) is 0 Å². The molecular formula is C18H11N2. The highest BCUT2D eigenvalue weighted by molar-refractivity contribution is 6.01. The van der Waals surface area contributed by atoms with E-state index < -0.39 is 0 Å². The minimum atomic E-state index is 0.924. The zero-order valence-corrected chi connectivity index (χ0v) is 10.7. The number of nitrogens with zero attached hydrogens (tertiary/aromatic N) is 2. The van der Waals surface area contributed by atoms with E-state index in [0.717, 1.165) is 27.5 Å². The van der Waals surface area contributed by atoms with Crippen molar-refractivity contribution >= 4 is 21.5 Å². The Labute approximate surface area is 116 Å². The lowest BCUT2D eigenvalue weighted by Gasteiger charge is -2.07. The summed E-state index contributed by atoms with van der Waals surface area (Å²) in [4.78, 5) is 9.11. The second-order valence-corrected chi connectivity index (χ2v) is 4.69. The average molecular weight is 255 g/mol. The summed E-state index contributed by atoms with van der Waals surface area (Å²) in [5.74, 6) is 0. The van der Waals surface area contributed by atoms with Crippen LogP contribution in [0.1, 0.15) is 0 Å². The zero-order chi connectivity index (χ0) is 13.4. The molecule has 0 saturated heterocycles. The van der Waals surface area contributed by atoms with Gasteiger partial charge in [-0.15, -0.1) is 0 Å². The predicted octanol–water partition coefficient (Wildman–Crippen LogP) is 4.25. The molecule has 0 unspecified atom stereocenters. The molecular weight excluding hydrogens is 244 g/mol. The van der Waals surface area contributed by atoms with Crippen LogP contribution in [-0.4, -0.2) is 9.97 Å². The molecule has 0 aliphatic rings. The minimum Gasteiger partial charge on any atom is -0.254 e. The van der Waals surface area contributed by atoms with Gasteiger partial charge in [-0.1, -0.05) is 36.4 Å². The zero-order valence-electron chi connectivity index (χ0n) is 10.7. The van der Waals surface area contributed by atoms with E-state index >= 15 is 0 Å². The fourth-order valence-corrected chi connectivity index (χ4v) is 2.56. The molecule has 0 bridgehead atoms. The third-order valence-corrected chi connectivity index (χ3v) is 3.51. The first kappa shape index (κ1) is 11.1. The lowest BCUT2D eigenvalue weighted by molar-refractivity contribution is 1.29. The molecule has 0 aliphatic heterocycles. The number of hydrogen-bond donors (Lipinski definition) is 0. The summed E-state index contributed by atoms with van der Waals surface area (Å²) in [6, 6.07) is 21.3. The molecule has 1 radical (unpaired) electrons. The molecule has 0 saturated carbocycles. The van der Waals surface area contributed by atoms with Gasteiger partial charge in [0.2, 0.25) is 0 Å². The third-order valence-electron chi connectivity index (χ3n) is 3.51. The molecule has 2 heterocycles. The molecule has 0 spiro atoms. The molecule has 2 aromatic heterocycles. The van der Waals surface area contributed by atoms with Crippen LogP contribution >= 0.6 is 0 Å². The van der Waals surface area contributed by atoms with Crippen LogP contribution in [0.15, 0.2) is 67.0 Å². The molecule has 4 aromatic rings. The Morgan fingerprint density at radius 1 is 0.700 bits per heavy atom. The highest BCUT2D eigenvalue weighted by atomic mass is 14.8. The van der Waals surface area contributed by atoms with Crippen LogP contribution in [0.2, 0.25) is 0 Å². The van der Waals surface area contributed by atoms with Crippen LogP contribution in [-0.2, 0) is 0 Å². The summed E-state index contributed by atoms with van der Waals surface area (Å²) in [5, 5.41) is 4.55. The summed E-state index contributed by atoms with van der Waals surface area (Å²) < 4.78 is 0. The number of hydrogen-bond acceptors (Lipinski definition) is 2. The molecule has 4 rings (SSSR count). The number of pyridine rings is 2. The number of aromatic nitrogens is 2. The van der Waals surface area contributed by atoms with Crippen molar-refractivity contribution in [2.24, 2.45) is 0 Å². The molecule has 0 fully saturated rings. The maximum absolute atomic E-state index is 4.55. The number of fused-ring (bicyclic) bond motifs is 2. The van der Waals surface area contributed by atoms with Crippen molar-refractivity contribution in [3.05, 3.63) is 73.1 Å². The van der Waals surface area contributed by atoms with Crippen LogP contribution in [0.25, 0.3) is 32.9 Å². The Balaban J connectivity index is 2.12. The van der Waals surface area contributed by atoms with Gasteiger partial charge < -0.3 is 0 Å². The molecule has 0 aliphatic carbocycles. The Bertz CT molecular complexity index is 825. The van der Waals surface area contributed by atoms with Crippen LogP contribution in [0, 0.1) is 6.07 Å². The van der Waals surface area contributed by atoms with E-state index in [0.29, 0.717) is 0 Å².